The second-order valence-corrected chi connectivity index (χ2v) is 5.46. The second kappa shape index (κ2) is 4.55. The van der Waals surface area contributed by atoms with Gasteiger partial charge >= 0.3 is 0 Å². The molecule has 0 spiro atoms. The van der Waals surface area contributed by atoms with Crippen LogP contribution in [-0.2, 0) is 6.61 Å². The fourth-order valence-electron chi connectivity index (χ4n) is 3.42. The zero-order valence-electron chi connectivity index (χ0n) is 9.93. The fourth-order valence-corrected chi connectivity index (χ4v) is 3.73. The van der Waals surface area contributed by atoms with E-state index in [9.17, 15) is 5.11 Å². The Morgan fingerprint density at radius 1 is 1.29 bits per heavy atom. The van der Waals surface area contributed by atoms with Crippen molar-refractivity contribution in [2.24, 2.45) is 0 Å². The summed E-state index contributed by atoms with van der Waals surface area (Å²) in [7, 11) is 0. The Kier molecular flexibility index (Phi) is 3.06. The Hall–Kier alpha value is -0.650. The average molecular weight is 253 g/mol. The Balaban J connectivity index is 1.93. The molecule has 17 heavy (non-hydrogen) atoms. The molecule has 0 amide bonds. The van der Waals surface area contributed by atoms with Crippen LogP contribution < -0.4 is 0 Å². The third-order valence-corrected chi connectivity index (χ3v) is 4.52. The normalized spacial score (nSPS) is 29.5. The van der Waals surface area contributed by atoms with Crippen molar-refractivity contribution in [1.29, 1.82) is 0 Å². The number of aliphatic hydroxyl groups excluding tert-OH is 1. The van der Waals surface area contributed by atoms with E-state index in [-0.39, 0.29) is 6.61 Å². The van der Waals surface area contributed by atoms with Gasteiger partial charge in [-0.2, -0.15) is 0 Å². The molecule has 2 N–H and O–H groups in total. The molecule has 0 aromatic carbocycles. The molecule has 2 saturated heterocycles. The minimum Gasteiger partial charge on any atom is -0.390 e. The highest BCUT2D eigenvalue weighted by Crippen LogP contribution is 2.35. The summed E-state index contributed by atoms with van der Waals surface area (Å²) >= 11 is 5.35. The Morgan fingerprint density at radius 2 is 2.18 bits per heavy atom. The number of aromatic nitrogens is 2. The highest BCUT2D eigenvalue weighted by molar-refractivity contribution is 7.71. The zero-order valence-corrected chi connectivity index (χ0v) is 10.7. The summed E-state index contributed by atoms with van der Waals surface area (Å²) in [5.74, 6) is 0. The SMILES string of the molecule is OCc1c[nH]c(=S)n1C1CCN2CCCCC12. The molecule has 2 atom stereocenters. The third-order valence-electron chi connectivity index (χ3n) is 4.20. The van der Waals surface area contributed by atoms with Crippen LogP contribution in [0, 0.1) is 4.77 Å². The highest BCUT2D eigenvalue weighted by Gasteiger charge is 2.37. The van der Waals surface area contributed by atoms with Crippen LogP contribution in [0.2, 0.25) is 0 Å². The molecule has 4 nitrogen and oxygen atoms in total. The summed E-state index contributed by atoms with van der Waals surface area (Å²) in [5.41, 5.74) is 0.924. The van der Waals surface area contributed by atoms with Crippen molar-refractivity contribution >= 4 is 12.2 Å². The first-order valence-electron chi connectivity index (χ1n) is 6.45. The second-order valence-electron chi connectivity index (χ2n) is 5.07. The summed E-state index contributed by atoms with van der Waals surface area (Å²) in [5, 5.41) is 9.39. The molecule has 0 radical (unpaired) electrons. The van der Waals surface area contributed by atoms with E-state index in [0.29, 0.717) is 12.1 Å². The number of H-pyrrole nitrogens is 1. The van der Waals surface area contributed by atoms with Crippen molar-refractivity contribution in [3.63, 3.8) is 0 Å². The molecule has 3 heterocycles. The first-order chi connectivity index (χ1) is 8.31. The van der Waals surface area contributed by atoms with Crippen LogP contribution in [0.1, 0.15) is 37.4 Å². The number of nitrogens with zero attached hydrogens (tertiary/aromatic N) is 2. The van der Waals surface area contributed by atoms with Crippen molar-refractivity contribution in [3.8, 4) is 0 Å². The number of aliphatic hydroxyl groups is 1. The Morgan fingerprint density at radius 3 is 3.00 bits per heavy atom. The topological polar surface area (TPSA) is 44.2 Å². The largest absolute Gasteiger partial charge is 0.390 e. The smallest absolute Gasteiger partial charge is 0.177 e. The van der Waals surface area contributed by atoms with Gasteiger partial charge in [-0.15, -0.1) is 0 Å². The molecule has 0 aliphatic carbocycles. The molecule has 2 aliphatic rings. The minimum atomic E-state index is 0.0658. The molecule has 2 aliphatic heterocycles. The van der Waals surface area contributed by atoms with Crippen molar-refractivity contribution < 1.29 is 5.11 Å². The van der Waals surface area contributed by atoms with Gasteiger partial charge in [-0.1, -0.05) is 6.42 Å². The van der Waals surface area contributed by atoms with E-state index in [0.717, 1.165) is 16.9 Å². The monoisotopic (exact) mass is 253 g/mol. The molecule has 1 aromatic rings. The van der Waals surface area contributed by atoms with Crippen molar-refractivity contribution in [2.75, 3.05) is 13.1 Å². The van der Waals surface area contributed by atoms with Gasteiger partial charge in [0.1, 0.15) is 0 Å². The molecule has 1 aromatic heterocycles. The third kappa shape index (κ3) is 1.86. The van der Waals surface area contributed by atoms with Crippen LogP contribution in [0.5, 0.6) is 0 Å². The summed E-state index contributed by atoms with van der Waals surface area (Å²) in [6.07, 6.45) is 6.92. The van der Waals surface area contributed by atoms with Crippen molar-refractivity contribution in [1.82, 2.24) is 14.5 Å². The van der Waals surface area contributed by atoms with Crippen LogP contribution in [0.25, 0.3) is 0 Å². The number of imidazole rings is 1. The van der Waals surface area contributed by atoms with E-state index >= 15 is 0 Å². The zero-order chi connectivity index (χ0) is 11.8. The number of hydrogen-bond donors (Lipinski definition) is 2. The lowest BCUT2D eigenvalue weighted by Gasteiger charge is -2.33. The van der Waals surface area contributed by atoms with E-state index in [2.05, 4.69) is 14.5 Å². The molecule has 2 unspecified atom stereocenters. The summed E-state index contributed by atoms with van der Waals surface area (Å²) in [4.78, 5) is 5.65. The predicted molar refractivity (Wildman–Crippen MR) is 68.4 cm³/mol. The Bertz CT molecular complexity index is 453. The van der Waals surface area contributed by atoms with Crippen LogP contribution in [0.15, 0.2) is 6.20 Å². The van der Waals surface area contributed by atoms with Gasteiger partial charge in [0.15, 0.2) is 4.77 Å². The van der Waals surface area contributed by atoms with Gasteiger partial charge in [0.25, 0.3) is 0 Å². The standard InChI is InChI=1S/C12H19N3OS/c16-8-9-7-13-12(17)15(9)11-4-6-14-5-2-1-3-10(11)14/h7,10-11,16H,1-6,8H2,(H,13,17). The number of fused-ring (bicyclic) bond motifs is 1. The van der Waals surface area contributed by atoms with Gasteiger partial charge in [-0.3, -0.25) is 4.90 Å². The molecule has 0 bridgehead atoms. The highest BCUT2D eigenvalue weighted by atomic mass is 32.1. The maximum absolute atomic E-state index is 9.39. The van der Waals surface area contributed by atoms with Crippen molar-refractivity contribution in [2.45, 2.75) is 44.4 Å². The maximum atomic E-state index is 9.39. The number of piperidine rings is 1. The van der Waals surface area contributed by atoms with E-state index in [4.69, 9.17) is 12.2 Å². The van der Waals surface area contributed by atoms with E-state index in [1.165, 1.54) is 32.4 Å². The number of rotatable bonds is 2. The molecule has 2 fully saturated rings. The fraction of sp³-hybridized carbons (Fsp3) is 0.750. The average Bonchev–Trinajstić information content (AvgIpc) is 2.92. The van der Waals surface area contributed by atoms with Crippen molar-refractivity contribution in [3.05, 3.63) is 16.7 Å². The van der Waals surface area contributed by atoms with Gasteiger partial charge in [0.05, 0.1) is 18.3 Å². The lowest BCUT2D eigenvalue weighted by Crippen LogP contribution is -2.38. The van der Waals surface area contributed by atoms with E-state index in [1.807, 2.05) is 6.20 Å². The number of nitrogens with one attached hydrogen (secondary N) is 1. The van der Waals surface area contributed by atoms with Crippen LogP contribution >= 0.6 is 12.2 Å². The molecule has 0 saturated carbocycles. The summed E-state index contributed by atoms with van der Waals surface area (Å²) in [6.45, 7) is 2.47. The van der Waals surface area contributed by atoms with Gasteiger partial charge < -0.3 is 14.7 Å². The summed E-state index contributed by atoms with van der Waals surface area (Å²) in [6, 6.07) is 1.08. The van der Waals surface area contributed by atoms with E-state index in [1.54, 1.807) is 0 Å². The van der Waals surface area contributed by atoms with Gasteiger partial charge in [-0.05, 0) is 38.0 Å². The van der Waals surface area contributed by atoms with Crippen LogP contribution in [-0.4, -0.2) is 38.7 Å². The predicted octanol–water partition coefficient (Wildman–Crippen LogP) is 1.84. The quantitative estimate of drug-likeness (QED) is 0.790. The lowest BCUT2D eigenvalue weighted by molar-refractivity contribution is 0.169. The van der Waals surface area contributed by atoms with Crippen LogP contribution in [0.4, 0.5) is 0 Å². The molecular weight excluding hydrogens is 234 g/mol. The molecule has 3 rings (SSSR count). The van der Waals surface area contributed by atoms with Gasteiger partial charge in [0, 0.05) is 18.8 Å². The number of hydrogen-bond acceptors (Lipinski definition) is 3. The molecule has 94 valence electrons. The van der Waals surface area contributed by atoms with Gasteiger partial charge in [-0.25, -0.2) is 0 Å². The molecule has 5 heteroatoms. The van der Waals surface area contributed by atoms with Crippen LogP contribution in [0.3, 0.4) is 0 Å². The van der Waals surface area contributed by atoms with E-state index < -0.39 is 0 Å². The Labute approximate surface area is 106 Å². The first kappa shape index (κ1) is 11.4. The van der Waals surface area contributed by atoms with Gasteiger partial charge in [0.2, 0.25) is 0 Å². The lowest BCUT2D eigenvalue weighted by atomic mass is 9.99. The summed E-state index contributed by atoms with van der Waals surface area (Å²) < 4.78 is 2.90. The maximum Gasteiger partial charge on any atom is 0.177 e. The first-order valence-corrected chi connectivity index (χ1v) is 6.86. The minimum absolute atomic E-state index is 0.0658. The molecular formula is C12H19N3OS. The number of aromatic amines is 1.